The molecular weight excluding hydrogens is 450 g/mol. The van der Waals surface area contributed by atoms with Crippen molar-refractivity contribution in [2.24, 2.45) is 0 Å². The molecule has 0 fully saturated rings. The maximum Gasteiger partial charge on any atom is 0.244 e. The van der Waals surface area contributed by atoms with Crippen molar-refractivity contribution in [3.8, 4) is 0 Å². The zero-order valence-electron chi connectivity index (χ0n) is 21.1. The fraction of sp³-hybridized carbons (Fsp3) is 0.462. The zero-order valence-corrected chi connectivity index (χ0v) is 21.9. The third-order valence-electron chi connectivity index (χ3n) is 5.93. The maximum absolute atomic E-state index is 13.7. The lowest BCUT2D eigenvalue weighted by Gasteiger charge is -2.33. The number of benzene rings is 2. The van der Waals surface area contributed by atoms with Gasteiger partial charge < -0.3 is 10.2 Å². The summed E-state index contributed by atoms with van der Waals surface area (Å²) in [5, 5.41) is 2.88. The molecule has 0 aliphatic carbocycles. The number of hydrogen-bond acceptors (Lipinski definition) is 4. The fourth-order valence-corrected chi connectivity index (χ4v) is 4.68. The number of aryl methyl sites for hydroxylation is 2. The van der Waals surface area contributed by atoms with Gasteiger partial charge in [-0.3, -0.25) is 13.9 Å². The molecule has 2 rings (SSSR count). The predicted molar refractivity (Wildman–Crippen MR) is 137 cm³/mol. The third-order valence-corrected chi connectivity index (χ3v) is 7.06. The summed E-state index contributed by atoms with van der Waals surface area (Å²) in [6.07, 6.45) is 2.29. The van der Waals surface area contributed by atoms with Gasteiger partial charge in [0.05, 0.1) is 11.9 Å². The largest absolute Gasteiger partial charge is 0.354 e. The van der Waals surface area contributed by atoms with Gasteiger partial charge in [0.25, 0.3) is 0 Å². The molecule has 8 heteroatoms. The first kappa shape index (κ1) is 27.4. The molecule has 34 heavy (non-hydrogen) atoms. The van der Waals surface area contributed by atoms with E-state index in [0.717, 1.165) is 39.2 Å². The van der Waals surface area contributed by atoms with Gasteiger partial charge in [-0.2, -0.15) is 0 Å². The van der Waals surface area contributed by atoms with E-state index < -0.39 is 22.0 Å². The van der Waals surface area contributed by atoms with Gasteiger partial charge in [0, 0.05) is 13.1 Å². The Morgan fingerprint density at radius 1 is 1.00 bits per heavy atom. The molecule has 2 amide bonds. The van der Waals surface area contributed by atoms with Crippen LogP contribution in [0.2, 0.25) is 0 Å². The number of carbonyl (C=O) groups excluding carboxylic acids is 2. The Kier molecular flexibility index (Phi) is 9.67. The summed E-state index contributed by atoms with van der Waals surface area (Å²) < 4.78 is 26.6. The van der Waals surface area contributed by atoms with Gasteiger partial charge in [-0.25, -0.2) is 8.42 Å². The number of carbonyl (C=O) groups is 2. The summed E-state index contributed by atoms with van der Waals surface area (Å²) in [7, 11) is -3.75. The predicted octanol–water partition coefficient (Wildman–Crippen LogP) is 3.71. The van der Waals surface area contributed by atoms with Crippen LogP contribution < -0.4 is 9.62 Å². The van der Waals surface area contributed by atoms with E-state index in [9.17, 15) is 18.0 Å². The van der Waals surface area contributed by atoms with E-state index in [1.165, 1.54) is 4.90 Å². The first-order valence-corrected chi connectivity index (χ1v) is 13.5. The zero-order chi connectivity index (χ0) is 25.5. The van der Waals surface area contributed by atoms with Gasteiger partial charge in [-0.05, 0) is 56.4 Å². The summed E-state index contributed by atoms with van der Waals surface area (Å²) in [6.45, 7) is 9.87. The second-order valence-electron chi connectivity index (χ2n) is 8.71. The minimum absolute atomic E-state index is 0.210. The molecule has 0 aliphatic heterocycles. The smallest absolute Gasteiger partial charge is 0.244 e. The molecule has 0 saturated heterocycles. The first-order valence-electron chi connectivity index (χ1n) is 11.7. The molecule has 0 aliphatic rings. The molecule has 0 radical (unpaired) electrons. The highest BCUT2D eigenvalue weighted by Crippen LogP contribution is 2.25. The number of hydrogen-bond donors (Lipinski definition) is 1. The molecule has 186 valence electrons. The summed E-state index contributed by atoms with van der Waals surface area (Å²) in [4.78, 5) is 28.1. The Morgan fingerprint density at radius 2 is 1.65 bits per heavy atom. The summed E-state index contributed by atoms with van der Waals surface area (Å²) in [5.74, 6) is -0.659. The molecule has 7 nitrogen and oxygen atoms in total. The molecule has 0 unspecified atom stereocenters. The molecule has 0 bridgehead atoms. The topological polar surface area (TPSA) is 86.8 Å². The van der Waals surface area contributed by atoms with Crippen molar-refractivity contribution >= 4 is 27.5 Å². The van der Waals surface area contributed by atoms with Crippen LogP contribution in [-0.4, -0.2) is 50.5 Å². The van der Waals surface area contributed by atoms with Crippen LogP contribution in [0.4, 0.5) is 5.69 Å². The lowest BCUT2D eigenvalue weighted by atomic mass is 10.1. The Bertz CT molecular complexity index is 1100. The average Bonchev–Trinajstić information content (AvgIpc) is 2.78. The van der Waals surface area contributed by atoms with Gasteiger partial charge >= 0.3 is 0 Å². The van der Waals surface area contributed by atoms with Crippen molar-refractivity contribution in [3.05, 3.63) is 64.7 Å². The van der Waals surface area contributed by atoms with Crippen molar-refractivity contribution < 1.29 is 18.0 Å². The average molecular weight is 488 g/mol. The quantitative estimate of drug-likeness (QED) is 0.523. The second-order valence-corrected chi connectivity index (χ2v) is 10.6. The Balaban J connectivity index is 2.46. The van der Waals surface area contributed by atoms with Crippen LogP contribution >= 0.6 is 0 Å². The van der Waals surface area contributed by atoms with Crippen LogP contribution in [0.1, 0.15) is 48.9 Å². The van der Waals surface area contributed by atoms with Gasteiger partial charge in [0.2, 0.25) is 21.8 Å². The number of rotatable bonds is 11. The van der Waals surface area contributed by atoms with Gasteiger partial charge in [-0.15, -0.1) is 0 Å². The first-order chi connectivity index (χ1) is 16.0. The van der Waals surface area contributed by atoms with Crippen molar-refractivity contribution in [2.45, 2.75) is 60.0 Å². The summed E-state index contributed by atoms with van der Waals surface area (Å²) in [5.41, 5.74) is 4.15. The highest BCUT2D eigenvalue weighted by molar-refractivity contribution is 7.92. The highest BCUT2D eigenvalue weighted by Gasteiger charge is 2.32. The molecule has 1 N–H and O–H groups in total. The number of anilines is 1. The van der Waals surface area contributed by atoms with E-state index in [2.05, 4.69) is 5.32 Å². The molecule has 1 atom stereocenters. The van der Waals surface area contributed by atoms with Gasteiger partial charge in [0.15, 0.2) is 0 Å². The van der Waals surface area contributed by atoms with Crippen molar-refractivity contribution in [1.29, 1.82) is 0 Å². The second kappa shape index (κ2) is 12.0. The molecule has 2 aromatic carbocycles. The van der Waals surface area contributed by atoms with E-state index in [-0.39, 0.29) is 19.0 Å². The molecule has 0 saturated carbocycles. The van der Waals surface area contributed by atoms with Crippen molar-refractivity contribution in [1.82, 2.24) is 10.2 Å². The number of nitrogens with zero attached hydrogens (tertiary/aromatic N) is 2. The minimum Gasteiger partial charge on any atom is -0.354 e. The van der Waals surface area contributed by atoms with Crippen LogP contribution in [-0.2, 0) is 26.2 Å². The van der Waals surface area contributed by atoms with Gasteiger partial charge in [0.1, 0.15) is 12.6 Å². The maximum atomic E-state index is 13.7. The standard InChI is InChI=1S/C26H37N3O4S/c1-7-16-27-26(31)23(8-2)28(17-22-14-12-19(3)13-15-22)25(30)18-29(34(6,32)33)24-11-9-10-20(4)21(24)5/h9-15,23H,7-8,16-18H2,1-6H3,(H,27,31)/t23-/m0/s1. The number of sulfonamides is 1. The van der Waals surface area contributed by atoms with E-state index in [1.54, 1.807) is 12.1 Å². The van der Waals surface area contributed by atoms with Crippen LogP contribution in [0.5, 0.6) is 0 Å². The van der Waals surface area contributed by atoms with E-state index in [0.29, 0.717) is 18.7 Å². The molecule has 0 spiro atoms. The van der Waals surface area contributed by atoms with E-state index >= 15 is 0 Å². The van der Waals surface area contributed by atoms with Crippen LogP contribution in [0, 0.1) is 20.8 Å². The van der Waals surface area contributed by atoms with E-state index in [4.69, 9.17) is 0 Å². The molecular formula is C26H37N3O4S. The number of nitrogens with one attached hydrogen (secondary N) is 1. The monoisotopic (exact) mass is 487 g/mol. The van der Waals surface area contributed by atoms with Crippen molar-refractivity contribution in [3.63, 3.8) is 0 Å². The fourth-order valence-electron chi connectivity index (χ4n) is 3.78. The Hall–Kier alpha value is -2.87. The number of amides is 2. The van der Waals surface area contributed by atoms with Crippen LogP contribution in [0.3, 0.4) is 0 Å². The van der Waals surface area contributed by atoms with Crippen LogP contribution in [0.15, 0.2) is 42.5 Å². The third kappa shape index (κ3) is 7.06. The van der Waals surface area contributed by atoms with Crippen molar-refractivity contribution in [2.75, 3.05) is 23.7 Å². The Labute approximate surface area is 204 Å². The lowest BCUT2D eigenvalue weighted by Crippen LogP contribution is -2.52. The Morgan fingerprint density at radius 3 is 2.21 bits per heavy atom. The van der Waals surface area contributed by atoms with Crippen LogP contribution in [0.25, 0.3) is 0 Å². The highest BCUT2D eigenvalue weighted by atomic mass is 32.2. The molecule has 0 aromatic heterocycles. The normalized spacial score (nSPS) is 12.2. The summed E-state index contributed by atoms with van der Waals surface area (Å²) in [6, 6.07) is 12.4. The molecule has 0 heterocycles. The van der Waals surface area contributed by atoms with E-state index in [1.807, 2.05) is 65.0 Å². The minimum atomic E-state index is -3.75. The SMILES string of the molecule is CCCNC(=O)[C@H](CC)N(Cc1ccc(C)cc1)C(=O)CN(c1cccc(C)c1C)S(C)(=O)=O. The lowest BCUT2D eigenvalue weighted by molar-refractivity contribution is -0.140. The van der Waals surface area contributed by atoms with Gasteiger partial charge in [-0.1, -0.05) is 55.8 Å². The molecule has 2 aromatic rings. The summed E-state index contributed by atoms with van der Waals surface area (Å²) >= 11 is 0.